The lowest BCUT2D eigenvalue weighted by Gasteiger charge is -2.02. The Balaban J connectivity index is 2.87. The molecule has 0 heterocycles. The van der Waals surface area contributed by atoms with Crippen molar-refractivity contribution in [2.75, 3.05) is 7.11 Å². The minimum Gasteiger partial charge on any atom is -0.496 e. The number of Topliss-reactive ketones (excluding diaryl/α,β-unsaturated/α-hetero) is 1. The minimum absolute atomic E-state index is 0.180. The number of carbonyl (C=O) groups is 1. The summed E-state index contributed by atoms with van der Waals surface area (Å²) >= 11 is 0. The van der Waals surface area contributed by atoms with Crippen molar-refractivity contribution in [3.8, 4) is 17.6 Å². The topological polar surface area (TPSA) is 26.3 Å². The van der Waals surface area contributed by atoms with Crippen molar-refractivity contribution in [1.29, 1.82) is 0 Å². The summed E-state index contributed by atoms with van der Waals surface area (Å²) in [5.74, 6) is 5.83. The molecule has 2 heteroatoms. The fourth-order valence-corrected chi connectivity index (χ4v) is 1.17. The third-order valence-corrected chi connectivity index (χ3v) is 1.93. The number of rotatable bonds is 3. The predicted octanol–water partition coefficient (Wildman–Crippen LogP) is 2.68. The van der Waals surface area contributed by atoms with Gasteiger partial charge in [-0.2, -0.15) is 0 Å². The van der Waals surface area contributed by atoms with Crippen LogP contribution in [0.5, 0.6) is 5.75 Å². The molecule has 0 radical (unpaired) electrons. The van der Waals surface area contributed by atoms with E-state index in [4.69, 9.17) is 4.74 Å². The zero-order valence-corrected chi connectivity index (χ0v) is 9.04. The van der Waals surface area contributed by atoms with E-state index >= 15 is 0 Å². The molecule has 0 N–H and O–H groups in total. The number of ether oxygens (including phenoxy) is 1. The molecule has 0 aromatic heterocycles. The molecule has 0 fully saturated rings. The lowest BCUT2D eigenvalue weighted by Crippen LogP contribution is -1.98. The Kier molecular flexibility index (Phi) is 4.43. The van der Waals surface area contributed by atoms with Crippen molar-refractivity contribution in [2.24, 2.45) is 0 Å². The molecule has 0 spiro atoms. The summed E-state index contributed by atoms with van der Waals surface area (Å²) in [6.07, 6.45) is 1.72. The Hall–Kier alpha value is -1.75. The molecule has 1 aromatic rings. The van der Waals surface area contributed by atoms with E-state index in [0.717, 1.165) is 12.8 Å². The van der Waals surface area contributed by atoms with E-state index in [1.165, 1.54) is 0 Å². The Morgan fingerprint density at radius 2 is 2.13 bits per heavy atom. The van der Waals surface area contributed by atoms with Gasteiger partial charge in [0.2, 0.25) is 5.78 Å². The summed E-state index contributed by atoms with van der Waals surface area (Å²) in [6.45, 7) is 2.03. The highest BCUT2D eigenvalue weighted by atomic mass is 16.5. The number of methoxy groups -OCH3 is 1. The first-order chi connectivity index (χ1) is 7.29. The average molecular weight is 202 g/mol. The van der Waals surface area contributed by atoms with Crippen LogP contribution in [-0.2, 0) is 0 Å². The normalized spacial score (nSPS) is 8.93. The first-order valence-corrected chi connectivity index (χ1v) is 4.95. The van der Waals surface area contributed by atoms with Gasteiger partial charge >= 0.3 is 0 Å². The summed E-state index contributed by atoms with van der Waals surface area (Å²) < 4.78 is 5.08. The number of hydrogen-bond acceptors (Lipinski definition) is 2. The molecular weight excluding hydrogens is 188 g/mol. The Bertz CT molecular complexity index is 396. The largest absolute Gasteiger partial charge is 0.496 e. The zero-order valence-electron chi connectivity index (χ0n) is 9.04. The molecular formula is C13H14O2. The second-order valence-electron chi connectivity index (χ2n) is 3.08. The molecule has 2 nitrogen and oxygen atoms in total. The third-order valence-electron chi connectivity index (χ3n) is 1.93. The molecule has 0 amide bonds. The quantitative estimate of drug-likeness (QED) is 0.428. The van der Waals surface area contributed by atoms with Gasteiger partial charge < -0.3 is 4.74 Å². The molecule has 0 saturated carbocycles. The molecule has 0 aliphatic rings. The highest BCUT2D eigenvalue weighted by Crippen LogP contribution is 2.17. The van der Waals surface area contributed by atoms with Crippen LogP contribution < -0.4 is 4.74 Å². The fraction of sp³-hybridized carbons (Fsp3) is 0.308. The summed E-state index contributed by atoms with van der Waals surface area (Å²) in [7, 11) is 1.55. The van der Waals surface area contributed by atoms with Crippen LogP contribution in [0.15, 0.2) is 24.3 Å². The zero-order chi connectivity index (χ0) is 11.1. The maximum atomic E-state index is 11.6. The number of benzene rings is 1. The van der Waals surface area contributed by atoms with Crippen molar-refractivity contribution >= 4 is 5.78 Å². The molecule has 0 atom stereocenters. The van der Waals surface area contributed by atoms with Gasteiger partial charge in [-0.25, -0.2) is 0 Å². The van der Waals surface area contributed by atoms with E-state index in [-0.39, 0.29) is 5.78 Å². The first kappa shape index (κ1) is 11.3. The van der Waals surface area contributed by atoms with Gasteiger partial charge in [0, 0.05) is 6.42 Å². The Morgan fingerprint density at radius 3 is 2.80 bits per heavy atom. The number of para-hydroxylation sites is 1. The molecule has 0 aliphatic heterocycles. The second-order valence-corrected chi connectivity index (χ2v) is 3.08. The number of ketones is 1. The predicted molar refractivity (Wildman–Crippen MR) is 60.0 cm³/mol. The summed E-state index contributed by atoms with van der Waals surface area (Å²) in [5, 5.41) is 0. The van der Waals surface area contributed by atoms with Gasteiger partial charge in [-0.15, -0.1) is 0 Å². The summed E-state index contributed by atoms with van der Waals surface area (Å²) in [5.41, 5.74) is 0.531. The van der Waals surface area contributed by atoms with E-state index < -0.39 is 0 Å². The lowest BCUT2D eigenvalue weighted by atomic mass is 10.1. The van der Waals surface area contributed by atoms with Crippen LogP contribution >= 0.6 is 0 Å². The minimum atomic E-state index is -0.180. The van der Waals surface area contributed by atoms with Crippen LogP contribution in [0.2, 0.25) is 0 Å². The summed E-state index contributed by atoms with van der Waals surface area (Å²) in [4.78, 5) is 11.6. The van der Waals surface area contributed by atoms with Crippen LogP contribution in [-0.4, -0.2) is 12.9 Å². The lowest BCUT2D eigenvalue weighted by molar-refractivity contribution is 0.105. The molecule has 1 rings (SSSR count). The Labute approximate surface area is 90.3 Å². The molecule has 0 bridgehead atoms. The van der Waals surface area contributed by atoms with E-state index in [1.807, 2.05) is 13.0 Å². The third kappa shape index (κ3) is 3.14. The number of unbranched alkanes of at least 4 members (excludes halogenated alkanes) is 1. The average Bonchev–Trinajstić information content (AvgIpc) is 2.29. The monoisotopic (exact) mass is 202 g/mol. The van der Waals surface area contributed by atoms with E-state index in [0.29, 0.717) is 11.3 Å². The molecule has 78 valence electrons. The number of hydrogen-bond donors (Lipinski definition) is 0. The second kappa shape index (κ2) is 5.87. The van der Waals surface area contributed by atoms with Crippen molar-refractivity contribution in [1.82, 2.24) is 0 Å². The highest BCUT2D eigenvalue weighted by Gasteiger charge is 2.07. The van der Waals surface area contributed by atoms with Gasteiger partial charge in [0.05, 0.1) is 12.7 Å². The molecule has 0 saturated heterocycles. The smallest absolute Gasteiger partial charge is 0.239 e. The van der Waals surface area contributed by atoms with Gasteiger partial charge in [-0.3, -0.25) is 4.79 Å². The maximum Gasteiger partial charge on any atom is 0.239 e. The van der Waals surface area contributed by atoms with E-state index in [1.54, 1.807) is 25.3 Å². The van der Waals surface area contributed by atoms with Crippen molar-refractivity contribution < 1.29 is 9.53 Å². The van der Waals surface area contributed by atoms with Gasteiger partial charge in [0.1, 0.15) is 5.75 Å². The van der Waals surface area contributed by atoms with Crippen LogP contribution in [0, 0.1) is 11.8 Å². The van der Waals surface area contributed by atoms with Crippen molar-refractivity contribution in [3.63, 3.8) is 0 Å². The number of carbonyl (C=O) groups excluding carboxylic acids is 1. The fourth-order valence-electron chi connectivity index (χ4n) is 1.17. The van der Waals surface area contributed by atoms with Gasteiger partial charge in [-0.1, -0.05) is 25.0 Å². The van der Waals surface area contributed by atoms with Gasteiger partial charge in [0.25, 0.3) is 0 Å². The molecule has 0 unspecified atom stereocenters. The van der Waals surface area contributed by atoms with E-state index in [9.17, 15) is 4.79 Å². The van der Waals surface area contributed by atoms with E-state index in [2.05, 4.69) is 11.8 Å². The summed E-state index contributed by atoms with van der Waals surface area (Å²) in [6, 6.07) is 7.11. The highest BCUT2D eigenvalue weighted by molar-refractivity contribution is 6.10. The molecule has 0 aliphatic carbocycles. The first-order valence-electron chi connectivity index (χ1n) is 4.95. The molecule has 15 heavy (non-hydrogen) atoms. The SMILES string of the molecule is CCCC#CC(=O)c1ccccc1OC. The maximum absolute atomic E-state index is 11.6. The van der Waals surface area contributed by atoms with Gasteiger partial charge in [-0.05, 0) is 24.5 Å². The van der Waals surface area contributed by atoms with Crippen LogP contribution in [0.3, 0.4) is 0 Å². The van der Waals surface area contributed by atoms with Crippen molar-refractivity contribution in [2.45, 2.75) is 19.8 Å². The Morgan fingerprint density at radius 1 is 1.40 bits per heavy atom. The van der Waals surface area contributed by atoms with Crippen molar-refractivity contribution in [3.05, 3.63) is 29.8 Å². The van der Waals surface area contributed by atoms with Crippen LogP contribution in [0.25, 0.3) is 0 Å². The van der Waals surface area contributed by atoms with Crippen LogP contribution in [0.1, 0.15) is 30.1 Å². The van der Waals surface area contributed by atoms with Gasteiger partial charge in [0.15, 0.2) is 0 Å². The molecule has 1 aromatic carbocycles. The standard InChI is InChI=1S/C13H14O2/c1-3-4-5-9-12(14)11-8-6-7-10-13(11)15-2/h6-8,10H,3-4H2,1-2H3. The van der Waals surface area contributed by atoms with Crippen LogP contribution in [0.4, 0.5) is 0 Å².